The van der Waals surface area contributed by atoms with Crippen molar-refractivity contribution in [3.8, 4) is 0 Å². The molecule has 0 fully saturated rings. The SMILES string of the molecule is C[C@H](NC(=O)Nc1cccc(S(=O)(=O)N(C)C)c1)c1cccc(Br)c1. The molecule has 8 heteroatoms. The van der Waals surface area contributed by atoms with Crippen molar-refractivity contribution in [1.29, 1.82) is 0 Å². The molecule has 0 aliphatic heterocycles. The fraction of sp³-hybridized carbons (Fsp3) is 0.235. The monoisotopic (exact) mass is 425 g/mol. The van der Waals surface area contributed by atoms with Crippen molar-refractivity contribution in [2.24, 2.45) is 0 Å². The zero-order chi connectivity index (χ0) is 18.6. The summed E-state index contributed by atoms with van der Waals surface area (Å²) in [5.41, 5.74) is 1.36. The Morgan fingerprint density at radius 1 is 1.12 bits per heavy atom. The molecule has 6 nitrogen and oxygen atoms in total. The summed E-state index contributed by atoms with van der Waals surface area (Å²) in [5.74, 6) is 0. The second-order valence-electron chi connectivity index (χ2n) is 5.69. The van der Waals surface area contributed by atoms with Crippen LogP contribution in [0.2, 0.25) is 0 Å². The molecule has 2 aromatic rings. The predicted octanol–water partition coefficient (Wildman–Crippen LogP) is 3.58. The molecule has 0 spiro atoms. The Hall–Kier alpha value is -1.90. The molecule has 0 saturated heterocycles. The highest BCUT2D eigenvalue weighted by atomic mass is 79.9. The molecule has 2 amide bonds. The van der Waals surface area contributed by atoms with E-state index in [0.717, 1.165) is 14.3 Å². The van der Waals surface area contributed by atoms with Gasteiger partial charge in [0, 0.05) is 24.3 Å². The maximum atomic E-state index is 12.2. The van der Waals surface area contributed by atoms with Crippen LogP contribution in [0.15, 0.2) is 57.9 Å². The van der Waals surface area contributed by atoms with Crippen molar-refractivity contribution in [3.05, 3.63) is 58.6 Å². The molecular weight excluding hydrogens is 406 g/mol. The first-order chi connectivity index (χ1) is 11.7. The van der Waals surface area contributed by atoms with Gasteiger partial charge in [-0.1, -0.05) is 34.1 Å². The number of hydrogen-bond acceptors (Lipinski definition) is 3. The summed E-state index contributed by atoms with van der Waals surface area (Å²) in [4.78, 5) is 12.3. The number of rotatable bonds is 5. The molecule has 0 aliphatic rings. The van der Waals surface area contributed by atoms with Gasteiger partial charge < -0.3 is 10.6 Å². The summed E-state index contributed by atoms with van der Waals surface area (Å²) in [6.07, 6.45) is 0. The van der Waals surface area contributed by atoms with Gasteiger partial charge in [0.1, 0.15) is 0 Å². The molecule has 0 aliphatic carbocycles. The molecule has 0 bridgehead atoms. The summed E-state index contributed by atoms with van der Waals surface area (Å²) >= 11 is 3.40. The third kappa shape index (κ3) is 5.04. The Kier molecular flexibility index (Phi) is 6.21. The van der Waals surface area contributed by atoms with E-state index in [9.17, 15) is 13.2 Å². The Labute approximate surface area is 156 Å². The Bertz CT molecular complexity index is 869. The highest BCUT2D eigenvalue weighted by molar-refractivity contribution is 9.10. The van der Waals surface area contributed by atoms with E-state index in [1.807, 2.05) is 31.2 Å². The van der Waals surface area contributed by atoms with Crippen molar-refractivity contribution < 1.29 is 13.2 Å². The lowest BCUT2D eigenvalue weighted by Gasteiger charge is -2.16. The molecule has 1 atom stereocenters. The molecule has 0 heterocycles. The topological polar surface area (TPSA) is 78.5 Å². The van der Waals surface area contributed by atoms with Crippen LogP contribution in [-0.4, -0.2) is 32.8 Å². The van der Waals surface area contributed by atoms with Gasteiger partial charge in [-0.05, 0) is 42.8 Å². The first-order valence-corrected chi connectivity index (χ1v) is 9.79. The van der Waals surface area contributed by atoms with Gasteiger partial charge in [0.05, 0.1) is 10.9 Å². The van der Waals surface area contributed by atoms with Crippen LogP contribution in [0.5, 0.6) is 0 Å². The second-order valence-corrected chi connectivity index (χ2v) is 8.76. The van der Waals surface area contributed by atoms with Gasteiger partial charge in [-0.3, -0.25) is 0 Å². The average molecular weight is 426 g/mol. The van der Waals surface area contributed by atoms with Crippen LogP contribution in [0.25, 0.3) is 0 Å². The number of halogens is 1. The van der Waals surface area contributed by atoms with Crippen LogP contribution in [0.1, 0.15) is 18.5 Å². The first kappa shape index (κ1) is 19.4. The van der Waals surface area contributed by atoms with E-state index in [4.69, 9.17) is 0 Å². The molecular formula is C17H20BrN3O3S. The smallest absolute Gasteiger partial charge is 0.319 e. The maximum absolute atomic E-state index is 12.2. The summed E-state index contributed by atoms with van der Waals surface area (Å²) in [5, 5.41) is 5.49. The fourth-order valence-electron chi connectivity index (χ4n) is 2.17. The quantitative estimate of drug-likeness (QED) is 0.767. The van der Waals surface area contributed by atoms with E-state index in [-0.39, 0.29) is 10.9 Å². The van der Waals surface area contributed by atoms with Gasteiger partial charge >= 0.3 is 6.03 Å². The number of nitrogens with one attached hydrogen (secondary N) is 2. The van der Waals surface area contributed by atoms with Gasteiger partial charge in [-0.15, -0.1) is 0 Å². The highest BCUT2D eigenvalue weighted by Gasteiger charge is 2.18. The summed E-state index contributed by atoms with van der Waals surface area (Å²) in [6, 6.07) is 13.2. The van der Waals surface area contributed by atoms with E-state index in [1.54, 1.807) is 12.1 Å². The van der Waals surface area contributed by atoms with Crippen molar-refractivity contribution >= 4 is 37.7 Å². The number of hydrogen-bond donors (Lipinski definition) is 2. The van der Waals surface area contributed by atoms with Crippen molar-refractivity contribution in [2.45, 2.75) is 17.9 Å². The minimum Gasteiger partial charge on any atom is -0.331 e. The van der Waals surface area contributed by atoms with Gasteiger partial charge in [-0.25, -0.2) is 17.5 Å². The van der Waals surface area contributed by atoms with Gasteiger partial charge in [0.15, 0.2) is 0 Å². The number of benzene rings is 2. The molecule has 25 heavy (non-hydrogen) atoms. The van der Waals surface area contributed by atoms with E-state index in [1.165, 1.54) is 26.2 Å². The van der Waals surface area contributed by atoms with Gasteiger partial charge in [0.2, 0.25) is 10.0 Å². The normalized spacial score (nSPS) is 12.7. The van der Waals surface area contributed by atoms with E-state index < -0.39 is 16.1 Å². The van der Waals surface area contributed by atoms with E-state index in [0.29, 0.717) is 5.69 Å². The number of nitrogens with zero attached hydrogens (tertiary/aromatic N) is 1. The Balaban J connectivity index is 2.08. The van der Waals surface area contributed by atoms with Crippen LogP contribution in [0, 0.1) is 0 Å². The van der Waals surface area contributed by atoms with Gasteiger partial charge in [-0.2, -0.15) is 0 Å². The summed E-state index contributed by atoms with van der Waals surface area (Å²) in [6.45, 7) is 1.87. The molecule has 0 unspecified atom stereocenters. The van der Waals surface area contributed by atoms with Gasteiger partial charge in [0.25, 0.3) is 0 Å². The Morgan fingerprint density at radius 2 is 1.80 bits per heavy atom. The molecule has 2 aromatic carbocycles. The van der Waals surface area contributed by atoms with Crippen LogP contribution in [0.3, 0.4) is 0 Å². The maximum Gasteiger partial charge on any atom is 0.319 e. The van der Waals surface area contributed by atoms with Crippen molar-refractivity contribution in [3.63, 3.8) is 0 Å². The standard InChI is InChI=1S/C17H20BrN3O3S/c1-12(13-6-4-7-14(18)10-13)19-17(22)20-15-8-5-9-16(11-15)25(23,24)21(2)3/h4-12H,1-3H3,(H2,19,20,22)/t12-/m0/s1. The fourth-order valence-corrected chi connectivity index (χ4v) is 3.53. The molecule has 0 radical (unpaired) electrons. The van der Waals surface area contributed by atoms with Crippen LogP contribution in [0.4, 0.5) is 10.5 Å². The largest absolute Gasteiger partial charge is 0.331 e. The lowest BCUT2D eigenvalue weighted by atomic mass is 10.1. The number of sulfonamides is 1. The third-order valence-electron chi connectivity index (χ3n) is 3.57. The molecule has 2 rings (SSSR count). The molecule has 134 valence electrons. The first-order valence-electron chi connectivity index (χ1n) is 7.56. The Morgan fingerprint density at radius 3 is 2.44 bits per heavy atom. The van der Waals surface area contributed by atoms with Crippen molar-refractivity contribution in [2.75, 3.05) is 19.4 Å². The zero-order valence-corrected chi connectivity index (χ0v) is 16.6. The van der Waals surface area contributed by atoms with E-state index >= 15 is 0 Å². The second kappa shape index (κ2) is 7.99. The average Bonchev–Trinajstić information content (AvgIpc) is 2.54. The highest BCUT2D eigenvalue weighted by Crippen LogP contribution is 2.20. The molecule has 2 N–H and O–H groups in total. The van der Waals surface area contributed by atoms with E-state index in [2.05, 4.69) is 26.6 Å². The van der Waals surface area contributed by atoms with Crippen molar-refractivity contribution in [1.82, 2.24) is 9.62 Å². The summed E-state index contributed by atoms with van der Waals surface area (Å²) < 4.78 is 26.4. The van der Waals surface area contributed by atoms with Crippen LogP contribution in [-0.2, 0) is 10.0 Å². The molecule has 0 saturated carbocycles. The number of carbonyl (C=O) groups excluding carboxylic acids is 1. The van der Waals surface area contributed by atoms with Crippen LogP contribution >= 0.6 is 15.9 Å². The van der Waals surface area contributed by atoms with Crippen LogP contribution < -0.4 is 10.6 Å². The molecule has 0 aromatic heterocycles. The number of urea groups is 1. The number of carbonyl (C=O) groups is 1. The summed E-state index contributed by atoms with van der Waals surface area (Å²) in [7, 11) is -0.629. The third-order valence-corrected chi connectivity index (χ3v) is 5.87. The lowest BCUT2D eigenvalue weighted by Crippen LogP contribution is -2.31. The number of anilines is 1. The minimum atomic E-state index is -3.55. The zero-order valence-electron chi connectivity index (χ0n) is 14.2. The predicted molar refractivity (Wildman–Crippen MR) is 102 cm³/mol. The number of amides is 2. The lowest BCUT2D eigenvalue weighted by molar-refractivity contribution is 0.249. The minimum absolute atomic E-state index is 0.121.